The minimum atomic E-state index is -0.607. The summed E-state index contributed by atoms with van der Waals surface area (Å²) in [5, 5.41) is 3.14. The Balaban J connectivity index is 1.23. The lowest BCUT2D eigenvalue weighted by atomic mass is 10.00. The Morgan fingerprint density at radius 2 is 1.44 bits per heavy atom. The minimum Gasteiger partial charge on any atom is -0.354 e. The van der Waals surface area contributed by atoms with Crippen LogP contribution >= 0.6 is 0 Å². The maximum atomic E-state index is 13.8. The highest BCUT2D eigenvalue weighted by molar-refractivity contribution is 5.95. The van der Waals surface area contributed by atoms with Crippen LogP contribution in [0.1, 0.15) is 36.8 Å². The van der Waals surface area contributed by atoms with Gasteiger partial charge in [-0.2, -0.15) is 0 Å². The van der Waals surface area contributed by atoms with Crippen molar-refractivity contribution in [1.82, 2.24) is 15.1 Å². The number of carbonyl (C=O) groups is 2. The lowest BCUT2D eigenvalue weighted by Gasteiger charge is -2.37. The van der Waals surface area contributed by atoms with Crippen LogP contribution in [-0.2, 0) is 22.6 Å². The summed E-state index contributed by atoms with van der Waals surface area (Å²) < 4.78 is 0. The Morgan fingerprint density at radius 3 is 2.11 bits per heavy atom. The average molecular weight is 603 g/mol. The van der Waals surface area contributed by atoms with Gasteiger partial charge in [-0.25, -0.2) is 0 Å². The summed E-state index contributed by atoms with van der Waals surface area (Å²) in [5.41, 5.74) is 5.24. The van der Waals surface area contributed by atoms with Gasteiger partial charge in [0.15, 0.2) is 0 Å². The van der Waals surface area contributed by atoms with Crippen molar-refractivity contribution in [2.45, 2.75) is 50.7 Å². The smallest absolute Gasteiger partial charge is 0.243 e. The Kier molecular flexibility index (Phi) is 11.9. The van der Waals surface area contributed by atoms with Crippen molar-refractivity contribution in [1.29, 1.82) is 0 Å². The van der Waals surface area contributed by atoms with Crippen LogP contribution in [0.4, 0.5) is 5.69 Å². The van der Waals surface area contributed by atoms with Gasteiger partial charge in [0.1, 0.15) is 6.04 Å². The third kappa shape index (κ3) is 9.13. The van der Waals surface area contributed by atoms with Crippen LogP contribution in [-0.4, -0.2) is 67.4 Å². The van der Waals surface area contributed by atoms with Gasteiger partial charge in [0, 0.05) is 24.7 Å². The molecule has 0 bridgehead atoms. The van der Waals surface area contributed by atoms with Gasteiger partial charge in [0.2, 0.25) is 12.3 Å². The number of nitrogens with zero attached hydrogens (tertiary/aromatic N) is 3. The summed E-state index contributed by atoms with van der Waals surface area (Å²) in [7, 11) is 2.20. The van der Waals surface area contributed by atoms with E-state index in [0.29, 0.717) is 19.0 Å². The highest BCUT2D eigenvalue weighted by Crippen LogP contribution is 2.32. The molecule has 0 aliphatic carbocycles. The molecule has 0 spiro atoms. The summed E-state index contributed by atoms with van der Waals surface area (Å²) in [6.45, 7) is 4.58. The quantitative estimate of drug-likeness (QED) is 0.160. The zero-order valence-corrected chi connectivity index (χ0v) is 26.4. The number of piperidine rings is 1. The van der Waals surface area contributed by atoms with Crippen molar-refractivity contribution in [2.75, 3.05) is 38.1 Å². The molecule has 1 fully saturated rings. The van der Waals surface area contributed by atoms with Crippen LogP contribution in [0.2, 0.25) is 0 Å². The van der Waals surface area contributed by atoms with Crippen LogP contribution in [0.25, 0.3) is 11.1 Å². The van der Waals surface area contributed by atoms with E-state index in [1.807, 2.05) is 72.8 Å². The van der Waals surface area contributed by atoms with E-state index >= 15 is 0 Å². The van der Waals surface area contributed by atoms with Crippen LogP contribution in [0.3, 0.4) is 0 Å². The lowest BCUT2D eigenvalue weighted by molar-refractivity contribution is -0.124. The molecule has 1 heterocycles. The van der Waals surface area contributed by atoms with E-state index in [2.05, 4.69) is 64.6 Å². The van der Waals surface area contributed by atoms with Crippen molar-refractivity contribution in [3.63, 3.8) is 0 Å². The molecule has 0 radical (unpaired) electrons. The number of nitrogens with one attached hydrogen (secondary N) is 1. The summed E-state index contributed by atoms with van der Waals surface area (Å²) in [5.74, 6) is -0.113. The van der Waals surface area contributed by atoms with E-state index in [0.717, 1.165) is 75.1 Å². The maximum absolute atomic E-state index is 13.8. The zero-order valence-electron chi connectivity index (χ0n) is 26.4. The Labute approximate surface area is 268 Å². The maximum Gasteiger partial charge on any atom is 0.243 e. The molecule has 4 aromatic rings. The zero-order chi connectivity index (χ0) is 31.3. The molecule has 0 aromatic heterocycles. The first-order valence-corrected chi connectivity index (χ1v) is 16.3. The molecule has 2 amide bonds. The molecule has 6 heteroatoms. The molecule has 0 unspecified atom stereocenters. The molecule has 1 aliphatic rings. The topological polar surface area (TPSA) is 55.9 Å². The molecule has 1 aliphatic heterocycles. The van der Waals surface area contributed by atoms with Crippen LogP contribution in [0, 0.1) is 0 Å². The fourth-order valence-electron chi connectivity index (χ4n) is 6.42. The predicted molar refractivity (Wildman–Crippen MR) is 184 cm³/mol. The second kappa shape index (κ2) is 16.7. The van der Waals surface area contributed by atoms with Gasteiger partial charge in [-0.05, 0) is 81.5 Å². The van der Waals surface area contributed by atoms with Gasteiger partial charge < -0.3 is 15.1 Å². The number of rotatable bonds is 15. The SMILES string of the molecule is CN(CCC[C@@H](C(=O)NCCc1ccccc1)N(C=O)c1ccccc1-c1ccccc1)C1CCN(Cc2ccccc2)CC1. The standard InChI is InChI=1S/C39H46N4O2/c1-41(35-24-28-42(29-25-35)30-33-16-7-3-8-17-33)27-13-22-38(39(45)40-26-23-32-14-5-2-6-15-32)43(31-44)37-21-12-11-20-36(37)34-18-9-4-10-19-34/h2-12,14-21,31,35,38H,13,22-30H2,1H3,(H,40,45)/t38-/m0/s1. The first-order chi connectivity index (χ1) is 22.1. The van der Waals surface area contributed by atoms with E-state index in [1.165, 1.54) is 11.1 Å². The highest BCUT2D eigenvalue weighted by atomic mass is 16.2. The summed E-state index contributed by atoms with van der Waals surface area (Å²) in [6, 6.07) is 38.7. The van der Waals surface area contributed by atoms with E-state index in [9.17, 15) is 9.59 Å². The van der Waals surface area contributed by atoms with Crippen molar-refractivity contribution >= 4 is 18.0 Å². The third-order valence-electron chi connectivity index (χ3n) is 8.99. The van der Waals surface area contributed by atoms with E-state index in [4.69, 9.17) is 0 Å². The molecule has 234 valence electrons. The molecular weight excluding hydrogens is 556 g/mol. The molecule has 4 aromatic carbocycles. The van der Waals surface area contributed by atoms with Gasteiger partial charge in [-0.3, -0.25) is 14.5 Å². The molecule has 5 rings (SSSR count). The molecule has 1 saturated heterocycles. The van der Waals surface area contributed by atoms with Gasteiger partial charge >= 0.3 is 0 Å². The summed E-state index contributed by atoms with van der Waals surface area (Å²) in [6.07, 6.45) is 5.24. The van der Waals surface area contributed by atoms with Crippen molar-refractivity contribution < 1.29 is 9.59 Å². The molecule has 1 N–H and O–H groups in total. The van der Waals surface area contributed by atoms with Crippen LogP contribution < -0.4 is 10.2 Å². The lowest BCUT2D eigenvalue weighted by Crippen LogP contribution is -2.48. The number of hydrogen-bond acceptors (Lipinski definition) is 4. The Hall–Kier alpha value is -4.26. The first kappa shape index (κ1) is 32.1. The fraction of sp³-hybridized carbons (Fsp3) is 0.333. The number of carbonyl (C=O) groups excluding carboxylic acids is 2. The second-order valence-corrected chi connectivity index (χ2v) is 12.1. The molecule has 1 atom stereocenters. The highest BCUT2D eigenvalue weighted by Gasteiger charge is 2.28. The minimum absolute atomic E-state index is 0.113. The van der Waals surface area contributed by atoms with Crippen molar-refractivity contribution in [3.05, 3.63) is 126 Å². The average Bonchev–Trinajstić information content (AvgIpc) is 3.09. The molecule has 6 nitrogen and oxygen atoms in total. The second-order valence-electron chi connectivity index (χ2n) is 12.1. The summed E-state index contributed by atoms with van der Waals surface area (Å²) >= 11 is 0. The molecule has 45 heavy (non-hydrogen) atoms. The number of para-hydroxylation sites is 1. The van der Waals surface area contributed by atoms with E-state index < -0.39 is 6.04 Å². The van der Waals surface area contributed by atoms with Crippen LogP contribution in [0.15, 0.2) is 115 Å². The molecule has 0 saturated carbocycles. The normalized spacial score (nSPS) is 14.6. The van der Waals surface area contributed by atoms with Crippen molar-refractivity contribution in [2.24, 2.45) is 0 Å². The van der Waals surface area contributed by atoms with Gasteiger partial charge in [0.05, 0.1) is 5.69 Å². The monoisotopic (exact) mass is 602 g/mol. The Morgan fingerprint density at radius 1 is 0.844 bits per heavy atom. The summed E-state index contributed by atoms with van der Waals surface area (Å²) in [4.78, 5) is 33.2. The third-order valence-corrected chi connectivity index (χ3v) is 8.99. The number of anilines is 1. The first-order valence-electron chi connectivity index (χ1n) is 16.3. The van der Waals surface area contributed by atoms with E-state index in [1.54, 1.807) is 4.90 Å². The van der Waals surface area contributed by atoms with Gasteiger partial charge in [-0.1, -0.05) is 109 Å². The predicted octanol–water partition coefficient (Wildman–Crippen LogP) is 6.42. The number of benzene rings is 4. The number of hydrogen-bond donors (Lipinski definition) is 1. The van der Waals surface area contributed by atoms with Gasteiger partial charge in [-0.15, -0.1) is 0 Å². The fourth-order valence-corrected chi connectivity index (χ4v) is 6.42. The van der Waals surface area contributed by atoms with E-state index in [-0.39, 0.29) is 5.91 Å². The largest absolute Gasteiger partial charge is 0.354 e. The Bertz CT molecular complexity index is 1460. The van der Waals surface area contributed by atoms with Gasteiger partial charge in [0.25, 0.3) is 0 Å². The number of amides is 2. The van der Waals surface area contributed by atoms with Crippen LogP contribution in [0.5, 0.6) is 0 Å². The molecular formula is C39H46N4O2. The number of likely N-dealkylation sites (tertiary alicyclic amines) is 1. The van der Waals surface area contributed by atoms with Crippen molar-refractivity contribution in [3.8, 4) is 11.1 Å².